The van der Waals surface area contributed by atoms with E-state index < -0.39 is 29.6 Å². The van der Waals surface area contributed by atoms with Crippen LogP contribution in [0.3, 0.4) is 0 Å². The van der Waals surface area contributed by atoms with Crippen molar-refractivity contribution in [1.29, 1.82) is 0 Å². The molecule has 0 spiro atoms. The predicted octanol–water partition coefficient (Wildman–Crippen LogP) is 6.39. The number of halogens is 1. The van der Waals surface area contributed by atoms with Gasteiger partial charge in [-0.15, -0.1) is 11.3 Å². The van der Waals surface area contributed by atoms with Crippen LogP contribution in [0, 0.1) is 12.7 Å². The molecule has 1 aliphatic rings. The van der Waals surface area contributed by atoms with Crippen LogP contribution in [0.5, 0.6) is 5.75 Å². The normalized spacial score (nSPS) is 14.9. The van der Waals surface area contributed by atoms with Gasteiger partial charge in [0.05, 0.1) is 29.4 Å². The first-order chi connectivity index (χ1) is 20.3. The van der Waals surface area contributed by atoms with Crippen molar-refractivity contribution >= 4 is 45.0 Å². The minimum atomic E-state index is -1.03. The number of nitrogens with zero attached hydrogens (tertiary/aromatic N) is 3. The smallest absolute Gasteiger partial charge is 0.257 e. The number of benzene rings is 4. The minimum Gasteiger partial charge on any atom is -0.497 e. The van der Waals surface area contributed by atoms with E-state index in [0.717, 1.165) is 31.3 Å². The van der Waals surface area contributed by atoms with Crippen molar-refractivity contribution in [2.75, 3.05) is 12.0 Å². The standard InChI is InChI=1S/C33H26FN3O4S/c1-20-6-15-27-29(16-20)42-31(35-27)22-9-13-25(14-10-22)37-30(38)18-28(33(37)40)36(19-21-7-11-24(34)12-8-21)32(39)23-4-3-5-26(17-23)41-2/h3-17,28H,18-19H2,1-2H3. The summed E-state index contributed by atoms with van der Waals surface area (Å²) in [6.07, 6.45) is -0.172. The number of ether oxygens (including phenoxy) is 1. The maximum atomic E-state index is 13.8. The second-order valence-electron chi connectivity index (χ2n) is 10.1. The average molecular weight is 580 g/mol. The van der Waals surface area contributed by atoms with E-state index in [1.165, 1.54) is 24.1 Å². The van der Waals surface area contributed by atoms with Crippen molar-refractivity contribution in [2.45, 2.75) is 25.9 Å². The van der Waals surface area contributed by atoms with E-state index in [2.05, 4.69) is 6.07 Å². The lowest BCUT2D eigenvalue weighted by Gasteiger charge is -2.28. The zero-order valence-electron chi connectivity index (χ0n) is 22.9. The van der Waals surface area contributed by atoms with E-state index in [4.69, 9.17) is 9.72 Å². The molecule has 1 aromatic heterocycles. The van der Waals surface area contributed by atoms with Crippen molar-refractivity contribution < 1.29 is 23.5 Å². The molecule has 1 fully saturated rings. The molecular formula is C33H26FN3O4S. The first-order valence-electron chi connectivity index (χ1n) is 13.3. The summed E-state index contributed by atoms with van der Waals surface area (Å²) in [5, 5.41) is 0.841. The van der Waals surface area contributed by atoms with Crippen LogP contribution in [0.4, 0.5) is 10.1 Å². The summed E-state index contributed by atoms with van der Waals surface area (Å²) < 4.78 is 19.9. The molecule has 5 aromatic rings. The van der Waals surface area contributed by atoms with Crippen LogP contribution < -0.4 is 9.64 Å². The van der Waals surface area contributed by atoms with Gasteiger partial charge < -0.3 is 9.64 Å². The van der Waals surface area contributed by atoms with E-state index >= 15 is 0 Å². The van der Waals surface area contributed by atoms with Gasteiger partial charge in [-0.05, 0) is 84.8 Å². The Morgan fingerprint density at radius 1 is 1.02 bits per heavy atom. The number of methoxy groups -OCH3 is 1. The molecule has 9 heteroatoms. The second-order valence-corrected chi connectivity index (χ2v) is 11.1. The van der Waals surface area contributed by atoms with Crippen LogP contribution in [0.15, 0.2) is 91.0 Å². The Bertz CT molecular complexity index is 1820. The molecule has 0 N–H and O–H groups in total. The Morgan fingerprint density at radius 3 is 2.52 bits per heavy atom. The molecule has 1 atom stereocenters. The fourth-order valence-corrected chi connectivity index (χ4v) is 6.14. The molecule has 1 unspecified atom stereocenters. The largest absolute Gasteiger partial charge is 0.497 e. The lowest BCUT2D eigenvalue weighted by Crippen LogP contribution is -2.45. The molecule has 0 aliphatic carbocycles. The number of rotatable bonds is 7. The summed E-state index contributed by atoms with van der Waals surface area (Å²) in [6, 6.07) is 24.5. The Morgan fingerprint density at radius 2 is 1.79 bits per heavy atom. The Kier molecular flexibility index (Phi) is 7.26. The van der Waals surface area contributed by atoms with E-state index in [1.807, 2.05) is 31.2 Å². The number of carbonyl (C=O) groups is 3. The van der Waals surface area contributed by atoms with Gasteiger partial charge in [0.15, 0.2) is 0 Å². The average Bonchev–Trinajstić information content (AvgIpc) is 3.56. The van der Waals surface area contributed by atoms with E-state index in [-0.39, 0.29) is 13.0 Å². The lowest BCUT2D eigenvalue weighted by molar-refractivity contribution is -0.122. The topological polar surface area (TPSA) is 79.8 Å². The van der Waals surface area contributed by atoms with Crippen LogP contribution >= 0.6 is 11.3 Å². The van der Waals surface area contributed by atoms with Crippen LogP contribution in [-0.2, 0) is 16.1 Å². The number of aromatic nitrogens is 1. The number of hydrogen-bond donors (Lipinski definition) is 0. The lowest BCUT2D eigenvalue weighted by atomic mass is 10.1. The molecule has 4 aromatic carbocycles. The number of aryl methyl sites for hydroxylation is 1. The van der Waals surface area contributed by atoms with E-state index in [0.29, 0.717) is 22.6 Å². The van der Waals surface area contributed by atoms with Crippen molar-refractivity contribution in [2.24, 2.45) is 0 Å². The molecule has 0 saturated carbocycles. The number of thiazole rings is 1. The summed E-state index contributed by atoms with van der Waals surface area (Å²) in [7, 11) is 1.50. The number of amides is 3. The number of carbonyl (C=O) groups excluding carboxylic acids is 3. The molecule has 0 radical (unpaired) electrons. The van der Waals surface area contributed by atoms with Crippen molar-refractivity contribution in [3.05, 3.63) is 114 Å². The third kappa shape index (κ3) is 5.26. The fourth-order valence-electron chi connectivity index (χ4n) is 5.07. The monoisotopic (exact) mass is 579 g/mol. The zero-order chi connectivity index (χ0) is 29.4. The zero-order valence-corrected chi connectivity index (χ0v) is 23.7. The van der Waals surface area contributed by atoms with Gasteiger partial charge in [0.1, 0.15) is 22.6 Å². The van der Waals surface area contributed by atoms with Crippen molar-refractivity contribution in [1.82, 2.24) is 9.88 Å². The predicted molar refractivity (Wildman–Crippen MR) is 160 cm³/mol. The van der Waals surface area contributed by atoms with Crippen LogP contribution in [0.2, 0.25) is 0 Å². The van der Waals surface area contributed by atoms with Crippen LogP contribution in [0.1, 0.15) is 27.9 Å². The first kappa shape index (κ1) is 27.3. The van der Waals surface area contributed by atoms with Gasteiger partial charge in [-0.2, -0.15) is 0 Å². The van der Waals surface area contributed by atoms with Gasteiger partial charge >= 0.3 is 0 Å². The first-order valence-corrected chi connectivity index (χ1v) is 14.2. The third-order valence-corrected chi connectivity index (χ3v) is 8.33. The van der Waals surface area contributed by atoms with Gasteiger partial charge in [-0.25, -0.2) is 14.3 Å². The molecule has 42 heavy (non-hydrogen) atoms. The van der Waals surface area contributed by atoms with Gasteiger partial charge in [0.2, 0.25) is 5.91 Å². The third-order valence-electron chi connectivity index (χ3n) is 7.26. The van der Waals surface area contributed by atoms with E-state index in [9.17, 15) is 18.8 Å². The summed E-state index contributed by atoms with van der Waals surface area (Å²) in [5.41, 5.74) is 4.31. The SMILES string of the molecule is COc1cccc(C(=O)N(Cc2ccc(F)cc2)C2CC(=O)N(c3ccc(-c4nc5ccc(C)cc5s4)cc3)C2=O)c1. The second kappa shape index (κ2) is 11.2. The summed E-state index contributed by atoms with van der Waals surface area (Å²) in [6.45, 7) is 2.06. The summed E-state index contributed by atoms with van der Waals surface area (Å²) >= 11 is 1.58. The van der Waals surface area contributed by atoms with Crippen LogP contribution in [-0.4, -0.2) is 40.8 Å². The van der Waals surface area contributed by atoms with E-state index in [1.54, 1.807) is 59.9 Å². The molecule has 210 valence electrons. The molecular weight excluding hydrogens is 553 g/mol. The molecule has 3 amide bonds. The highest BCUT2D eigenvalue weighted by molar-refractivity contribution is 7.21. The van der Waals surface area contributed by atoms with Gasteiger partial charge in [0, 0.05) is 17.7 Å². The van der Waals surface area contributed by atoms with Gasteiger partial charge in [-0.3, -0.25) is 14.4 Å². The van der Waals surface area contributed by atoms with Crippen LogP contribution in [0.25, 0.3) is 20.8 Å². The number of imide groups is 1. The maximum Gasteiger partial charge on any atom is 0.257 e. The molecule has 1 aliphatic heterocycles. The quantitative estimate of drug-likeness (QED) is 0.209. The van der Waals surface area contributed by atoms with Gasteiger partial charge in [0.25, 0.3) is 11.8 Å². The molecule has 6 rings (SSSR count). The minimum absolute atomic E-state index is 0.0177. The molecule has 0 bridgehead atoms. The highest BCUT2D eigenvalue weighted by Gasteiger charge is 2.44. The molecule has 2 heterocycles. The highest BCUT2D eigenvalue weighted by Crippen LogP contribution is 2.33. The van der Waals surface area contributed by atoms with Gasteiger partial charge in [-0.1, -0.05) is 24.3 Å². The summed E-state index contributed by atoms with van der Waals surface area (Å²) in [5.74, 6) is -1.27. The Hall–Kier alpha value is -4.89. The molecule has 7 nitrogen and oxygen atoms in total. The number of hydrogen-bond acceptors (Lipinski definition) is 6. The maximum absolute atomic E-state index is 13.8. The fraction of sp³-hybridized carbons (Fsp3) is 0.152. The Balaban J connectivity index is 1.29. The highest BCUT2D eigenvalue weighted by atomic mass is 32.1. The number of fused-ring (bicyclic) bond motifs is 1. The number of anilines is 1. The Labute approximate surface area is 245 Å². The molecule has 1 saturated heterocycles. The summed E-state index contributed by atoms with van der Waals surface area (Å²) in [4.78, 5) is 48.0. The van der Waals surface area contributed by atoms with Crippen molar-refractivity contribution in [3.8, 4) is 16.3 Å². The van der Waals surface area contributed by atoms with Crippen molar-refractivity contribution in [3.63, 3.8) is 0 Å².